The molecule has 2 fully saturated rings. The molecule has 3 nitrogen and oxygen atoms in total. The van der Waals surface area contributed by atoms with Crippen LogP contribution in [0.1, 0.15) is 12.8 Å². The van der Waals surface area contributed by atoms with Crippen LogP contribution >= 0.6 is 0 Å². The van der Waals surface area contributed by atoms with Crippen molar-refractivity contribution in [3.8, 4) is 0 Å². The van der Waals surface area contributed by atoms with Crippen LogP contribution in [0.3, 0.4) is 0 Å². The third-order valence-electron chi connectivity index (χ3n) is 3.67. The number of aliphatic hydroxyl groups is 1. The molecule has 1 N–H and O–H groups in total. The topological polar surface area (TPSA) is 46.5 Å². The van der Waals surface area contributed by atoms with Crippen LogP contribution in [-0.2, 0) is 9.53 Å². The Labute approximate surface area is 76.4 Å². The zero-order chi connectivity index (χ0) is 9.00. The zero-order valence-corrected chi connectivity index (χ0v) is 7.22. The first kappa shape index (κ1) is 7.56. The fourth-order valence-electron chi connectivity index (χ4n) is 3.08. The predicted octanol–water partition coefficient (Wildman–Crippen LogP) is 0.485. The highest BCUT2D eigenvalue weighted by Gasteiger charge is 2.54. The highest BCUT2D eigenvalue weighted by atomic mass is 16.6. The summed E-state index contributed by atoms with van der Waals surface area (Å²) in [7, 11) is 0. The molecule has 3 aliphatic rings. The van der Waals surface area contributed by atoms with Gasteiger partial charge in [0, 0.05) is 12.0 Å². The molecule has 0 aromatic rings. The monoisotopic (exact) mass is 180 g/mol. The number of hydrogen-bond acceptors (Lipinski definition) is 3. The predicted molar refractivity (Wildman–Crippen MR) is 44.7 cm³/mol. The maximum absolute atomic E-state index is 11.1. The van der Waals surface area contributed by atoms with Gasteiger partial charge >= 0.3 is 5.97 Å². The molecule has 0 saturated heterocycles. The second-order valence-corrected chi connectivity index (χ2v) is 4.31. The van der Waals surface area contributed by atoms with E-state index in [0.717, 1.165) is 12.8 Å². The van der Waals surface area contributed by atoms with E-state index in [1.165, 1.54) is 6.08 Å². The van der Waals surface area contributed by atoms with Crippen LogP contribution in [-0.4, -0.2) is 23.3 Å². The molecule has 0 amide bonds. The summed E-state index contributed by atoms with van der Waals surface area (Å²) in [6.45, 7) is 0. The van der Waals surface area contributed by atoms with Crippen LogP contribution in [0.15, 0.2) is 12.2 Å². The number of ether oxygens (including phenoxy) is 1. The van der Waals surface area contributed by atoms with Gasteiger partial charge in [0.2, 0.25) is 0 Å². The van der Waals surface area contributed by atoms with Crippen molar-refractivity contribution in [2.75, 3.05) is 0 Å². The third-order valence-corrected chi connectivity index (χ3v) is 3.67. The average molecular weight is 180 g/mol. The molecular weight excluding hydrogens is 168 g/mol. The van der Waals surface area contributed by atoms with E-state index in [2.05, 4.69) is 0 Å². The van der Waals surface area contributed by atoms with Crippen molar-refractivity contribution >= 4 is 5.97 Å². The molecule has 0 radical (unpaired) electrons. The van der Waals surface area contributed by atoms with Crippen molar-refractivity contribution in [2.24, 2.45) is 17.8 Å². The van der Waals surface area contributed by atoms with Gasteiger partial charge in [-0.2, -0.15) is 0 Å². The van der Waals surface area contributed by atoms with E-state index in [1.807, 2.05) is 6.08 Å². The van der Waals surface area contributed by atoms with Gasteiger partial charge in [-0.05, 0) is 24.7 Å². The lowest BCUT2D eigenvalue weighted by Crippen LogP contribution is -2.38. The summed E-state index contributed by atoms with van der Waals surface area (Å²) in [5.41, 5.74) is 0. The number of carbonyl (C=O) groups excluding carboxylic acids is 1. The van der Waals surface area contributed by atoms with Crippen LogP contribution in [0.25, 0.3) is 0 Å². The smallest absolute Gasteiger partial charge is 0.330 e. The third kappa shape index (κ3) is 0.908. The molecule has 2 bridgehead atoms. The molecule has 5 atom stereocenters. The maximum atomic E-state index is 11.1. The van der Waals surface area contributed by atoms with E-state index in [9.17, 15) is 9.90 Å². The minimum absolute atomic E-state index is 0.230. The molecular formula is C10H12O3. The molecule has 0 aromatic heterocycles. The van der Waals surface area contributed by atoms with Gasteiger partial charge in [-0.15, -0.1) is 0 Å². The van der Waals surface area contributed by atoms with Gasteiger partial charge in [0.05, 0.1) is 6.10 Å². The Morgan fingerprint density at radius 2 is 2.31 bits per heavy atom. The van der Waals surface area contributed by atoms with Gasteiger partial charge in [0.25, 0.3) is 0 Å². The van der Waals surface area contributed by atoms with Crippen molar-refractivity contribution in [3.63, 3.8) is 0 Å². The number of rotatable bonds is 0. The Morgan fingerprint density at radius 1 is 1.46 bits per heavy atom. The van der Waals surface area contributed by atoms with Crippen LogP contribution in [0.2, 0.25) is 0 Å². The zero-order valence-electron chi connectivity index (χ0n) is 7.22. The Balaban J connectivity index is 1.98. The quantitative estimate of drug-likeness (QED) is 0.552. The molecule has 3 rings (SSSR count). The lowest BCUT2D eigenvalue weighted by molar-refractivity contribution is -0.152. The average Bonchev–Trinajstić information content (AvgIpc) is 2.60. The molecule has 70 valence electrons. The van der Waals surface area contributed by atoms with Crippen LogP contribution in [0, 0.1) is 17.8 Å². The summed E-state index contributed by atoms with van der Waals surface area (Å²) in [5, 5.41) is 9.77. The molecule has 1 heterocycles. The SMILES string of the molecule is O=C1C=CC2CC3CC2C(O1)C3O. The minimum Gasteiger partial charge on any atom is -0.456 e. The molecule has 0 aromatic carbocycles. The normalized spacial score (nSPS) is 52.1. The highest BCUT2D eigenvalue weighted by Crippen LogP contribution is 2.51. The van der Waals surface area contributed by atoms with Crippen molar-refractivity contribution < 1.29 is 14.6 Å². The van der Waals surface area contributed by atoms with Crippen LogP contribution < -0.4 is 0 Å². The van der Waals surface area contributed by atoms with Crippen molar-refractivity contribution in [3.05, 3.63) is 12.2 Å². The van der Waals surface area contributed by atoms with Gasteiger partial charge in [-0.3, -0.25) is 0 Å². The summed E-state index contributed by atoms with van der Waals surface area (Å²) >= 11 is 0. The van der Waals surface area contributed by atoms with Crippen LogP contribution in [0.5, 0.6) is 0 Å². The summed E-state index contributed by atoms with van der Waals surface area (Å²) in [4.78, 5) is 11.1. The van der Waals surface area contributed by atoms with Crippen molar-refractivity contribution in [1.29, 1.82) is 0 Å². The first-order valence-electron chi connectivity index (χ1n) is 4.82. The van der Waals surface area contributed by atoms with Crippen molar-refractivity contribution in [2.45, 2.75) is 25.0 Å². The standard InChI is InChI=1S/C10H12O3/c11-8-2-1-5-3-6-4-7(5)10(13-8)9(6)12/h1-2,5-7,9-10,12H,3-4H2. The fraction of sp³-hybridized carbons (Fsp3) is 0.700. The Bertz CT molecular complexity index is 284. The number of aliphatic hydroxyl groups excluding tert-OH is 1. The van der Waals surface area contributed by atoms with E-state index < -0.39 is 6.10 Å². The van der Waals surface area contributed by atoms with E-state index in [4.69, 9.17) is 4.74 Å². The molecule has 2 aliphatic carbocycles. The first-order valence-corrected chi connectivity index (χ1v) is 4.82. The first-order chi connectivity index (χ1) is 6.25. The number of carbonyl (C=O) groups is 1. The van der Waals surface area contributed by atoms with Gasteiger partial charge in [0.1, 0.15) is 6.10 Å². The van der Waals surface area contributed by atoms with E-state index in [0.29, 0.717) is 17.8 Å². The van der Waals surface area contributed by atoms with E-state index >= 15 is 0 Å². The van der Waals surface area contributed by atoms with Crippen LogP contribution in [0.4, 0.5) is 0 Å². The summed E-state index contributed by atoms with van der Waals surface area (Å²) < 4.78 is 5.17. The van der Waals surface area contributed by atoms with E-state index in [-0.39, 0.29) is 12.1 Å². The highest BCUT2D eigenvalue weighted by molar-refractivity contribution is 5.82. The fourth-order valence-corrected chi connectivity index (χ4v) is 3.08. The molecule has 3 heteroatoms. The Hall–Kier alpha value is -0.830. The molecule has 13 heavy (non-hydrogen) atoms. The van der Waals surface area contributed by atoms with Gasteiger partial charge in [-0.1, -0.05) is 6.08 Å². The largest absolute Gasteiger partial charge is 0.456 e. The van der Waals surface area contributed by atoms with Gasteiger partial charge in [0.15, 0.2) is 0 Å². The molecule has 5 unspecified atom stereocenters. The molecule has 1 aliphatic heterocycles. The minimum atomic E-state index is -0.412. The van der Waals surface area contributed by atoms with E-state index in [1.54, 1.807) is 0 Å². The van der Waals surface area contributed by atoms with Gasteiger partial charge < -0.3 is 9.84 Å². The van der Waals surface area contributed by atoms with Crippen molar-refractivity contribution in [1.82, 2.24) is 0 Å². The lowest BCUT2D eigenvalue weighted by atomic mass is 9.85. The summed E-state index contributed by atoms with van der Waals surface area (Å²) in [6, 6.07) is 0. The second-order valence-electron chi connectivity index (χ2n) is 4.31. The summed E-state index contributed by atoms with van der Waals surface area (Å²) in [5.74, 6) is 0.905. The number of esters is 1. The lowest BCUT2D eigenvalue weighted by Gasteiger charge is -2.28. The second kappa shape index (κ2) is 2.35. The van der Waals surface area contributed by atoms with Gasteiger partial charge in [-0.25, -0.2) is 4.79 Å². The summed E-state index contributed by atoms with van der Waals surface area (Å²) in [6.07, 6.45) is 4.87. The molecule has 0 spiro atoms. The Kier molecular flexibility index (Phi) is 1.37. The Morgan fingerprint density at radius 3 is 3.08 bits per heavy atom. The number of allylic oxidation sites excluding steroid dienone is 1. The number of fused-ring (bicyclic) bond motifs is 1. The molecule has 2 saturated carbocycles. The maximum Gasteiger partial charge on any atom is 0.330 e. The number of hydrogen-bond donors (Lipinski definition) is 1.